The Hall–Kier alpha value is -2.89. The largest absolute Gasteiger partial charge is 0.445 e. The molecule has 0 spiro atoms. The molecule has 0 bridgehead atoms. The molecule has 2 rings (SSSR count). The fraction of sp³-hybridized carbons (Fsp3) is 0.333. The summed E-state index contributed by atoms with van der Waals surface area (Å²) in [5, 5.41) is 11.2. The molecule has 2 aromatic carbocycles. The van der Waals surface area contributed by atoms with E-state index in [1.54, 1.807) is 18.2 Å². The van der Waals surface area contributed by atoms with Gasteiger partial charge in [0.1, 0.15) is 6.61 Å². The maximum Gasteiger partial charge on any atom is 0.408 e. The van der Waals surface area contributed by atoms with Crippen molar-refractivity contribution < 1.29 is 17.9 Å². The molecule has 8 heteroatoms. The first-order valence-corrected chi connectivity index (χ1v) is 10.9. The molecule has 0 heterocycles. The standard InChI is InChI=1S/C21H25N3O4S/c22-16-10-2-1-9-15-20(24-29(26,27)19-13-7-4-8-14-19)23-21(25)28-17-18-11-5-3-6-12-18/h3-8,11-14,20,24H,1-2,9-10,15,17H2,(H,23,25). The first-order chi connectivity index (χ1) is 14.0. The lowest BCUT2D eigenvalue weighted by Crippen LogP contribution is -2.48. The molecule has 0 fully saturated rings. The van der Waals surface area contributed by atoms with Crippen LogP contribution in [0.25, 0.3) is 0 Å². The highest BCUT2D eigenvalue weighted by Gasteiger charge is 2.21. The number of amides is 1. The Bertz CT molecular complexity index is 897. The van der Waals surface area contributed by atoms with Gasteiger partial charge in [0.25, 0.3) is 0 Å². The summed E-state index contributed by atoms with van der Waals surface area (Å²) in [4.78, 5) is 12.3. The van der Waals surface area contributed by atoms with Crippen LogP contribution in [0.15, 0.2) is 65.6 Å². The molecule has 1 amide bonds. The van der Waals surface area contributed by atoms with Gasteiger partial charge in [0, 0.05) is 6.42 Å². The highest BCUT2D eigenvalue weighted by molar-refractivity contribution is 7.89. The molecule has 0 aromatic heterocycles. The summed E-state index contributed by atoms with van der Waals surface area (Å²) in [6.07, 6.45) is 1.47. The second-order valence-electron chi connectivity index (χ2n) is 6.45. The Labute approximate surface area is 171 Å². The molecule has 0 aliphatic rings. The molecule has 2 aromatic rings. The summed E-state index contributed by atoms with van der Waals surface area (Å²) in [5.74, 6) is 0. The van der Waals surface area contributed by atoms with E-state index in [2.05, 4.69) is 16.1 Å². The van der Waals surface area contributed by atoms with Crippen molar-refractivity contribution >= 4 is 16.1 Å². The lowest BCUT2D eigenvalue weighted by atomic mass is 10.1. The zero-order chi connectivity index (χ0) is 21.0. The van der Waals surface area contributed by atoms with Gasteiger partial charge in [-0.05, 0) is 37.0 Å². The van der Waals surface area contributed by atoms with Gasteiger partial charge in [0.2, 0.25) is 10.0 Å². The fourth-order valence-electron chi connectivity index (χ4n) is 2.65. The molecule has 154 valence electrons. The van der Waals surface area contributed by atoms with E-state index < -0.39 is 22.3 Å². The maximum atomic E-state index is 12.6. The van der Waals surface area contributed by atoms with Crippen LogP contribution in [0.5, 0.6) is 0 Å². The minimum atomic E-state index is -3.79. The predicted molar refractivity (Wildman–Crippen MR) is 109 cm³/mol. The van der Waals surface area contributed by atoms with E-state index in [1.807, 2.05) is 30.3 Å². The number of carbonyl (C=O) groups is 1. The molecule has 0 aliphatic heterocycles. The number of benzene rings is 2. The molecule has 0 saturated heterocycles. The van der Waals surface area contributed by atoms with Crippen LogP contribution in [0.4, 0.5) is 4.79 Å². The van der Waals surface area contributed by atoms with Crippen molar-refractivity contribution in [3.8, 4) is 6.07 Å². The minimum absolute atomic E-state index is 0.0903. The summed E-state index contributed by atoms with van der Waals surface area (Å²) >= 11 is 0. The van der Waals surface area contributed by atoms with E-state index >= 15 is 0 Å². The summed E-state index contributed by atoms with van der Waals surface area (Å²) in [7, 11) is -3.79. The second kappa shape index (κ2) is 11.8. The summed E-state index contributed by atoms with van der Waals surface area (Å²) in [5.41, 5.74) is 0.834. The highest BCUT2D eigenvalue weighted by Crippen LogP contribution is 2.11. The third-order valence-electron chi connectivity index (χ3n) is 4.14. The van der Waals surface area contributed by atoms with Gasteiger partial charge in [0.15, 0.2) is 0 Å². The van der Waals surface area contributed by atoms with Gasteiger partial charge >= 0.3 is 6.09 Å². The predicted octanol–water partition coefficient (Wildman–Crippen LogP) is 3.69. The molecule has 2 N–H and O–H groups in total. The number of nitriles is 1. The van der Waals surface area contributed by atoms with Crippen molar-refractivity contribution in [3.05, 3.63) is 66.2 Å². The SMILES string of the molecule is N#CCCCCCC(NC(=O)OCc1ccccc1)NS(=O)(=O)c1ccccc1. The van der Waals surface area contributed by atoms with E-state index in [0.717, 1.165) is 18.4 Å². The van der Waals surface area contributed by atoms with Gasteiger partial charge in [-0.25, -0.2) is 13.2 Å². The Morgan fingerprint density at radius 1 is 1.00 bits per heavy atom. The highest BCUT2D eigenvalue weighted by atomic mass is 32.2. The molecule has 7 nitrogen and oxygen atoms in total. The Morgan fingerprint density at radius 2 is 1.66 bits per heavy atom. The molecule has 0 radical (unpaired) electrons. The van der Waals surface area contributed by atoms with Crippen molar-refractivity contribution in [1.82, 2.24) is 10.0 Å². The molecule has 0 aliphatic carbocycles. The third kappa shape index (κ3) is 8.34. The van der Waals surface area contributed by atoms with Crippen LogP contribution in [-0.4, -0.2) is 20.7 Å². The van der Waals surface area contributed by atoms with Crippen LogP contribution < -0.4 is 10.0 Å². The quantitative estimate of drug-likeness (QED) is 0.430. The average molecular weight is 416 g/mol. The van der Waals surface area contributed by atoms with E-state index in [1.165, 1.54) is 12.1 Å². The number of nitrogens with zero attached hydrogens (tertiary/aromatic N) is 1. The fourth-order valence-corrected chi connectivity index (χ4v) is 3.85. The van der Waals surface area contributed by atoms with E-state index in [4.69, 9.17) is 10.00 Å². The lowest BCUT2D eigenvalue weighted by Gasteiger charge is -2.20. The zero-order valence-electron chi connectivity index (χ0n) is 16.1. The third-order valence-corrected chi connectivity index (χ3v) is 5.62. The van der Waals surface area contributed by atoms with Crippen LogP contribution in [0.3, 0.4) is 0 Å². The van der Waals surface area contributed by atoms with Crippen molar-refractivity contribution in [1.29, 1.82) is 5.26 Å². The lowest BCUT2D eigenvalue weighted by molar-refractivity contribution is 0.134. The smallest absolute Gasteiger partial charge is 0.408 e. The summed E-state index contributed by atoms with van der Waals surface area (Å²) in [6, 6.07) is 19.3. The molecule has 29 heavy (non-hydrogen) atoms. The molecular formula is C21H25N3O4S. The number of unbranched alkanes of at least 4 members (excludes halogenated alkanes) is 3. The van der Waals surface area contributed by atoms with E-state index in [-0.39, 0.29) is 11.5 Å². The van der Waals surface area contributed by atoms with Crippen LogP contribution in [-0.2, 0) is 21.4 Å². The molecule has 1 unspecified atom stereocenters. The number of sulfonamides is 1. The topological polar surface area (TPSA) is 108 Å². The van der Waals surface area contributed by atoms with E-state index in [9.17, 15) is 13.2 Å². The van der Waals surface area contributed by atoms with Gasteiger partial charge in [-0.2, -0.15) is 9.98 Å². The van der Waals surface area contributed by atoms with Crippen molar-refractivity contribution in [3.63, 3.8) is 0 Å². The number of carbonyl (C=O) groups excluding carboxylic acids is 1. The van der Waals surface area contributed by atoms with Gasteiger partial charge in [0.05, 0.1) is 17.1 Å². The number of hydrogen-bond donors (Lipinski definition) is 2. The van der Waals surface area contributed by atoms with Gasteiger partial charge in [-0.1, -0.05) is 55.0 Å². The van der Waals surface area contributed by atoms with Crippen molar-refractivity contribution in [2.75, 3.05) is 0 Å². The summed E-state index contributed by atoms with van der Waals surface area (Å²) in [6.45, 7) is 0.0903. The number of rotatable bonds is 11. The zero-order valence-corrected chi connectivity index (χ0v) is 16.9. The summed E-state index contributed by atoms with van der Waals surface area (Å²) < 4.78 is 32.9. The normalized spacial score (nSPS) is 12.0. The monoisotopic (exact) mass is 415 g/mol. The number of nitrogens with one attached hydrogen (secondary N) is 2. The van der Waals surface area contributed by atoms with Crippen LogP contribution in [0.2, 0.25) is 0 Å². The van der Waals surface area contributed by atoms with Crippen molar-refractivity contribution in [2.45, 2.75) is 49.8 Å². The minimum Gasteiger partial charge on any atom is -0.445 e. The van der Waals surface area contributed by atoms with Crippen LogP contribution >= 0.6 is 0 Å². The number of ether oxygens (including phenoxy) is 1. The first kappa shape index (κ1) is 22.4. The Kier molecular flexibility index (Phi) is 9.15. The second-order valence-corrected chi connectivity index (χ2v) is 8.16. The number of alkyl carbamates (subject to hydrolysis) is 1. The molecule has 0 saturated carbocycles. The number of hydrogen-bond acceptors (Lipinski definition) is 5. The van der Waals surface area contributed by atoms with Gasteiger partial charge in [-0.3, -0.25) is 0 Å². The maximum absolute atomic E-state index is 12.6. The molecular weight excluding hydrogens is 390 g/mol. The van der Waals surface area contributed by atoms with Crippen molar-refractivity contribution in [2.24, 2.45) is 0 Å². The Balaban J connectivity index is 1.96. The van der Waals surface area contributed by atoms with Gasteiger partial charge in [-0.15, -0.1) is 0 Å². The molecule has 1 atom stereocenters. The first-order valence-electron chi connectivity index (χ1n) is 9.43. The van der Waals surface area contributed by atoms with Crippen LogP contribution in [0, 0.1) is 11.3 Å². The Morgan fingerprint density at radius 3 is 2.31 bits per heavy atom. The van der Waals surface area contributed by atoms with E-state index in [0.29, 0.717) is 19.3 Å². The van der Waals surface area contributed by atoms with Gasteiger partial charge < -0.3 is 10.1 Å². The van der Waals surface area contributed by atoms with Crippen LogP contribution in [0.1, 0.15) is 37.7 Å². The average Bonchev–Trinajstić information content (AvgIpc) is 2.73.